The molecule has 0 saturated heterocycles. The molecular formula is C19H33N3O3. The highest BCUT2D eigenvalue weighted by molar-refractivity contribution is 5.67. The Bertz CT molecular complexity index is 563. The summed E-state index contributed by atoms with van der Waals surface area (Å²) < 4.78 is 11.1. The standard InChI is InChI=1S/C19H33N3O3/c1-12(2)14-11-15(21-17(13(3)4)16(14)20)24-10-9-22(8)18(23)25-19(5,6)7/h11-13H,9-10,20H2,1-8H3. The van der Waals surface area contributed by atoms with Crippen molar-refractivity contribution in [1.29, 1.82) is 0 Å². The first-order valence-electron chi connectivity index (χ1n) is 8.79. The van der Waals surface area contributed by atoms with E-state index in [4.69, 9.17) is 15.2 Å². The molecule has 142 valence electrons. The second-order valence-electron chi connectivity index (χ2n) is 7.91. The Morgan fingerprint density at radius 1 is 1.24 bits per heavy atom. The van der Waals surface area contributed by atoms with Gasteiger partial charge in [-0.05, 0) is 38.2 Å². The van der Waals surface area contributed by atoms with Gasteiger partial charge in [-0.2, -0.15) is 0 Å². The smallest absolute Gasteiger partial charge is 0.410 e. The Labute approximate surface area is 151 Å². The number of likely N-dealkylation sites (N-methyl/N-ethyl adjacent to an activating group) is 1. The summed E-state index contributed by atoms with van der Waals surface area (Å²) in [7, 11) is 1.69. The number of pyridine rings is 1. The second-order valence-corrected chi connectivity index (χ2v) is 7.91. The summed E-state index contributed by atoms with van der Waals surface area (Å²) in [4.78, 5) is 18.0. The molecule has 1 rings (SSSR count). The van der Waals surface area contributed by atoms with Crippen LogP contribution in [0.2, 0.25) is 0 Å². The van der Waals surface area contributed by atoms with Gasteiger partial charge >= 0.3 is 6.09 Å². The number of nitrogens with two attached hydrogens (primary N) is 1. The van der Waals surface area contributed by atoms with E-state index in [0.717, 1.165) is 16.9 Å². The molecule has 25 heavy (non-hydrogen) atoms. The van der Waals surface area contributed by atoms with Crippen molar-refractivity contribution in [3.63, 3.8) is 0 Å². The lowest BCUT2D eigenvalue weighted by molar-refractivity contribution is 0.0277. The minimum absolute atomic E-state index is 0.213. The zero-order chi connectivity index (χ0) is 19.4. The summed E-state index contributed by atoms with van der Waals surface area (Å²) >= 11 is 0. The number of aromatic nitrogens is 1. The molecule has 1 amide bonds. The number of rotatable bonds is 6. The van der Waals surface area contributed by atoms with E-state index >= 15 is 0 Å². The highest BCUT2D eigenvalue weighted by atomic mass is 16.6. The van der Waals surface area contributed by atoms with Gasteiger partial charge in [-0.1, -0.05) is 27.7 Å². The molecule has 0 saturated carbocycles. The predicted molar refractivity (Wildman–Crippen MR) is 101 cm³/mol. The van der Waals surface area contributed by atoms with E-state index in [0.29, 0.717) is 19.0 Å². The van der Waals surface area contributed by atoms with Gasteiger partial charge in [0.15, 0.2) is 0 Å². The summed E-state index contributed by atoms with van der Waals surface area (Å²) in [6.07, 6.45) is -0.368. The molecule has 0 unspecified atom stereocenters. The van der Waals surface area contributed by atoms with Crippen molar-refractivity contribution in [1.82, 2.24) is 9.88 Å². The average molecular weight is 351 g/mol. The number of ether oxygens (including phenoxy) is 2. The quantitative estimate of drug-likeness (QED) is 0.833. The van der Waals surface area contributed by atoms with E-state index < -0.39 is 5.60 Å². The summed E-state index contributed by atoms with van der Waals surface area (Å²) in [5, 5.41) is 0. The minimum Gasteiger partial charge on any atom is -0.476 e. The number of hydrogen-bond acceptors (Lipinski definition) is 5. The molecule has 0 atom stereocenters. The van der Waals surface area contributed by atoms with Gasteiger partial charge in [-0.25, -0.2) is 9.78 Å². The van der Waals surface area contributed by atoms with Crippen LogP contribution in [0.5, 0.6) is 5.88 Å². The SMILES string of the molecule is CC(C)c1cc(OCCN(C)C(=O)OC(C)(C)C)nc(C(C)C)c1N. The lowest BCUT2D eigenvalue weighted by atomic mass is 9.97. The van der Waals surface area contributed by atoms with Gasteiger partial charge in [-0.15, -0.1) is 0 Å². The first kappa shape index (κ1) is 21.1. The van der Waals surface area contributed by atoms with Crippen LogP contribution in [0.4, 0.5) is 10.5 Å². The second kappa shape index (κ2) is 8.41. The van der Waals surface area contributed by atoms with Crippen LogP contribution in [0.25, 0.3) is 0 Å². The summed E-state index contributed by atoms with van der Waals surface area (Å²) in [5.74, 6) is 1.04. The van der Waals surface area contributed by atoms with Crippen molar-refractivity contribution in [2.75, 3.05) is 25.9 Å². The van der Waals surface area contributed by atoms with Gasteiger partial charge in [0, 0.05) is 13.1 Å². The van der Waals surface area contributed by atoms with Crippen molar-refractivity contribution in [3.05, 3.63) is 17.3 Å². The normalized spacial score (nSPS) is 11.8. The van der Waals surface area contributed by atoms with E-state index in [-0.39, 0.29) is 17.9 Å². The maximum Gasteiger partial charge on any atom is 0.410 e. The number of carbonyl (C=O) groups is 1. The monoisotopic (exact) mass is 351 g/mol. The highest BCUT2D eigenvalue weighted by Crippen LogP contribution is 2.31. The third-order valence-electron chi connectivity index (χ3n) is 3.65. The van der Waals surface area contributed by atoms with Gasteiger partial charge in [0.05, 0.1) is 17.9 Å². The fourth-order valence-electron chi connectivity index (χ4n) is 2.28. The Hall–Kier alpha value is -1.98. The molecule has 6 heteroatoms. The van der Waals surface area contributed by atoms with Crippen LogP contribution in [0.1, 0.15) is 71.6 Å². The minimum atomic E-state index is -0.511. The number of nitrogen functional groups attached to an aromatic ring is 1. The number of carbonyl (C=O) groups excluding carboxylic acids is 1. The Kier molecular flexibility index (Phi) is 7.08. The topological polar surface area (TPSA) is 77.7 Å². The zero-order valence-electron chi connectivity index (χ0n) is 16.8. The average Bonchev–Trinajstić information content (AvgIpc) is 2.46. The molecule has 1 aromatic heterocycles. The fourth-order valence-corrected chi connectivity index (χ4v) is 2.28. The highest BCUT2D eigenvalue weighted by Gasteiger charge is 2.20. The van der Waals surface area contributed by atoms with Gasteiger partial charge in [0.25, 0.3) is 0 Å². The molecule has 0 spiro atoms. The van der Waals surface area contributed by atoms with Crippen LogP contribution in [0.3, 0.4) is 0 Å². The predicted octanol–water partition coefficient (Wildman–Crippen LogP) is 4.16. The zero-order valence-corrected chi connectivity index (χ0v) is 16.8. The van der Waals surface area contributed by atoms with Crippen LogP contribution in [-0.4, -0.2) is 41.8 Å². The first-order chi connectivity index (χ1) is 11.4. The van der Waals surface area contributed by atoms with Crippen molar-refractivity contribution in [2.45, 2.75) is 65.9 Å². The summed E-state index contributed by atoms with van der Waals surface area (Å²) in [6.45, 7) is 14.6. The van der Waals surface area contributed by atoms with Crippen LogP contribution in [-0.2, 0) is 4.74 Å². The van der Waals surface area contributed by atoms with Crippen LogP contribution >= 0.6 is 0 Å². The molecule has 0 fully saturated rings. The number of nitrogens with zero attached hydrogens (tertiary/aromatic N) is 2. The van der Waals surface area contributed by atoms with Gasteiger partial charge in [-0.3, -0.25) is 0 Å². The maximum absolute atomic E-state index is 11.9. The van der Waals surface area contributed by atoms with Crippen molar-refractivity contribution >= 4 is 11.8 Å². The fraction of sp³-hybridized carbons (Fsp3) is 0.684. The van der Waals surface area contributed by atoms with Gasteiger partial charge < -0.3 is 20.1 Å². The largest absolute Gasteiger partial charge is 0.476 e. The number of amides is 1. The van der Waals surface area contributed by atoms with E-state index in [2.05, 4.69) is 32.7 Å². The third kappa shape index (κ3) is 6.44. The molecule has 0 bridgehead atoms. The van der Waals surface area contributed by atoms with E-state index in [1.807, 2.05) is 26.8 Å². The van der Waals surface area contributed by atoms with E-state index in [1.54, 1.807) is 7.05 Å². The number of anilines is 1. The number of hydrogen-bond donors (Lipinski definition) is 1. The molecule has 0 aliphatic heterocycles. The van der Waals surface area contributed by atoms with Gasteiger partial charge in [0.2, 0.25) is 5.88 Å². The van der Waals surface area contributed by atoms with Crippen molar-refractivity contribution in [3.8, 4) is 5.88 Å². The van der Waals surface area contributed by atoms with Crippen LogP contribution < -0.4 is 10.5 Å². The molecule has 0 radical (unpaired) electrons. The third-order valence-corrected chi connectivity index (χ3v) is 3.65. The lowest BCUT2D eigenvalue weighted by Crippen LogP contribution is -2.36. The molecule has 1 heterocycles. The Morgan fingerprint density at radius 2 is 1.84 bits per heavy atom. The van der Waals surface area contributed by atoms with E-state index in [9.17, 15) is 4.79 Å². The molecule has 1 aromatic rings. The molecule has 2 N–H and O–H groups in total. The first-order valence-corrected chi connectivity index (χ1v) is 8.79. The Balaban J connectivity index is 2.76. The molecule has 6 nitrogen and oxygen atoms in total. The van der Waals surface area contributed by atoms with E-state index in [1.165, 1.54) is 4.90 Å². The molecule has 0 aliphatic carbocycles. The van der Waals surface area contributed by atoms with Gasteiger partial charge in [0.1, 0.15) is 12.2 Å². The van der Waals surface area contributed by atoms with Crippen LogP contribution in [0.15, 0.2) is 6.07 Å². The molecule has 0 aliphatic rings. The summed E-state index contributed by atoms with van der Waals surface area (Å²) in [6, 6.07) is 1.89. The lowest BCUT2D eigenvalue weighted by Gasteiger charge is -2.24. The molecule has 0 aromatic carbocycles. The Morgan fingerprint density at radius 3 is 2.32 bits per heavy atom. The van der Waals surface area contributed by atoms with Crippen molar-refractivity contribution < 1.29 is 14.3 Å². The van der Waals surface area contributed by atoms with Crippen molar-refractivity contribution in [2.24, 2.45) is 0 Å². The maximum atomic E-state index is 11.9. The van der Waals surface area contributed by atoms with Crippen LogP contribution in [0, 0.1) is 0 Å². The summed E-state index contributed by atoms with van der Waals surface area (Å²) in [5.41, 5.74) is 8.36. The molecular weight excluding hydrogens is 318 g/mol.